The summed E-state index contributed by atoms with van der Waals surface area (Å²) in [6.45, 7) is 5.61. The lowest BCUT2D eigenvalue weighted by Crippen LogP contribution is -2.28. The number of benzene rings is 2. The number of nitrogens with zero attached hydrogens (tertiary/aromatic N) is 1. The van der Waals surface area contributed by atoms with E-state index in [-0.39, 0.29) is 6.03 Å². The van der Waals surface area contributed by atoms with Crippen LogP contribution < -0.4 is 15.4 Å². The molecule has 0 spiro atoms. The van der Waals surface area contributed by atoms with E-state index in [2.05, 4.69) is 28.5 Å². The van der Waals surface area contributed by atoms with Gasteiger partial charge in [0.2, 0.25) is 0 Å². The number of ether oxygens (including phenoxy) is 1. The molecule has 0 aliphatic carbocycles. The van der Waals surface area contributed by atoms with Crippen LogP contribution in [0.5, 0.6) is 5.75 Å². The number of urea groups is 1. The Balaban J connectivity index is 1.58. The number of rotatable bonds is 6. The molecule has 3 rings (SSSR count). The van der Waals surface area contributed by atoms with E-state index in [1.807, 2.05) is 36.4 Å². The standard InChI is InChI=1S/C20H25N3O2/c1-3-11-23-13-16-5-4-6-19(18(16)14-23)22-20(24)21-12-15-7-9-17(25-2)10-8-15/h4-10H,3,11-14H2,1-2H3,(H2,21,22,24). The van der Waals surface area contributed by atoms with Crippen molar-refractivity contribution in [2.45, 2.75) is 33.0 Å². The van der Waals surface area contributed by atoms with Crippen molar-refractivity contribution in [2.24, 2.45) is 0 Å². The van der Waals surface area contributed by atoms with E-state index < -0.39 is 0 Å². The molecule has 0 bridgehead atoms. The molecule has 2 aromatic rings. The first-order chi connectivity index (χ1) is 12.2. The second kappa shape index (κ2) is 8.03. The minimum Gasteiger partial charge on any atom is -0.497 e. The van der Waals surface area contributed by atoms with E-state index in [0.29, 0.717) is 6.54 Å². The van der Waals surface area contributed by atoms with Crippen LogP contribution in [0.25, 0.3) is 0 Å². The number of hydrogen-bond acceptors (Lipinski definition) is 3. The number of nitrogens with one attached hydrogen (secondary N) is 2. The van der Waals surface area contributed by atoms with Crippen LogP contribution in [0, 0.1) is 0 Å². The third-order valence-corrected chi connectivity index (χ3v) is 4.45. The number of fused-ring (bicyclic) bond motifs is 1. The average molecular weight is 339 g/mol. The summed E-state index contributed by atoms with van der Waals surface area (Å²) < 4.78 is 5.14. The molecular formula is C20H25N3O2. The lowest BCUT2D eigenvalue weighted by Gasteiger charge is -2.13. The van der Waals surface area contributed by atoms with Gasteiger partial charge >= 0.3 is 6.03 Å². The Morgan fingerprint density at radius 2 is 1.96 bits per heavy atom. The Morgan fingerprint density at radius 1 is 1.16 bits per heavy atom. The van der Waals surface area contributed by atoms with Crippen LogP contribution in [0.2, 0.25) is 0 Å². The first-order valence-electron chi connectivity index (χ1n) is 8.70. The van der Waals surface area contributed by atoms with Crippen LogP contribution in [0.4, 0.5) is 10.5 Å². The van der Waals surface area contributed by atoms with E-state index in [4.69, 9.17) is 4.74 Å². The van der Waals surface area contributed by atoms with Crippen LogP contribution in [0.3, 0.4) is 0 Å². The molecule has 0 unspecified atom stereocenters. The molecular weight excluding hydrogens is 314 g/mol. The number of methoxy groups -OCH3 is 1. The highest BCUT2D eigenvalue weighted by Gasteiger charge is 2.21. The SMILES string of the molecule is CCCN1Cc2cccc(NC(=O)NCc3ccc(OC)cc3)c2C1. The molecule has 0 fully saturated rings. The Kier molecular flexibility index (Phi) is 5.56. The predicted octanol–water partition coefficient (Wildman–Crippen LogP) is 3.74. The quantitative estimate of drug-likeness (QED) is 0.843. The maximum atomic E-state index is 12.3. The van der Waals surface area contributed by atoms with Gasteiger partial charge in [0.25, 0.3) is 0 Å². The summed E-state index contributed by atoms with van der Waals surface area (Å²) in [5, 5.41) is 5.90. The van der Waals surface area contributed by atoms with Crippen LogP contribution in [-0.2, 0) is 19.6 Å². The fourth-order valence-corrected chi connectivity index (χ4v) is 3.17. The Hall–Kier alpha value is -2.53. The van der Waals surface area contributed by atoms with E-state index in [1.54, 1.807) is 7.11 Å². The molecule has 132 valence electrons. The molecule has 1 aliphatic heterocycles. The summed E-state index contributed by atoms with van der Waals surface area (Å²) in [7, 11) is 1.64. The summed E-state index contributed by atoms with van der Waals surface area (Å²) in [4.78, 5) is 14.7. The average Bonchev–Trinajstić information content (AvgIpc) is 3.04. The Bertz CT molecular complexity index is 728. The molecule has 1 heterocycles. The van der Waals surface area contributed by atoms with Gasteiger partial charge in [-0.3, -0.25) is 4.90 Å². The lowest BCUT2D eigenvalue weighted by molar-refractivity contribution is 0.251. The van der Waals surface area contributed by atoms with Crippen molar-refractivity contribution in [2.75, 3.05) is 19.0 Å². The zero-order valence-corrected chi connectivity index (χ0v) is 14.8. The minimum absolute atomic E-state index is 0.182. The largest absolute Gasteiger partial charge is 0.497 e. The molecule has 5 nitrogen and oxygen atoms in total. The number of carbonyl (C=O) groups excluding carboxylic acids is 1. The van der Waals surface area contributed by atoms with Crippen LogP contribution in [0.1, 0.15) is 30.0 Å². The van der Waals surface area contributed by atoms with E-state index in [1.165, 1.54) is 11.1 Å². The van der Waals surface area contributed by atoms with Gasteiger partial charge in [0, 0.05) is 25.3 Å². The fourth-order valence-electron chi connectivity index (χ4n) is 3.17. The first-order valence-corrected chi connectivity index (χ1v) is 8.70. The topological polar surface area (TPSA) is 53.6 Å². The molecule has 0 aromatic heterocycles. The number of carbonyl (C=O) groups is 1. The highest BCUT2D eigenvalue weighted by Crippen LogP contribution is 2.29. The molecule has 0 atom stereocenters. The number of amides is 2. The van der Waals surface area contributed by atoms with Crippen molar-refractivity contribution in [3.8, 4) is 5.75 Å². The maximum absolute atomic E-state index is 12.3. The van der Waals surface area contributed by atoms with Gasteiger partial charge in [-0.15, -0.1) is 0 Å². The second-order valence-corrected chi connectivity index (χ2v) is 6.31. The minimum atomic E-state index is -0.182. The van der Waals surface area contributed by atoms with E-state index in [9.17, 15) is 4.79 Å². The normalized spacial score (nSPS) is 13.4. The summed E-state index contributed by atoms with van der Waals surface area (Å²) in [5.74, 6) is 0.810. The van der Waals surface area contributed by atoms with Crippen molar-refractivity contribution in [3.05, 3.63) is 59.2 Å². The van der Waals surface area contributed by atoms with Gasteiger partial charge in [0.05, 0.1) is 7.11 Å². The summed E-state index contributed by atoms with van der Waals surface area (Å²) in [6.07, 6.45) is 1.14. The van der Waals surface area contributed by atoms with Crippen LogP contribution in [-0.4, -0.2) is 24.6 Å². The molecule has 1 aliphatic rings. The van der Waals surface area contributed by atoms with Gasteiger partial charge in [-0.1, -0.05) is 31.2 Å². The Morgan fingerprint density at radius 3 is 2.68 bits per heavy atom. The monoisotopic (exact) mass is 339 g/mol. The number of anilines is 1. The Labute approximate surface area is 149 Å². The molecule has 2 amide bonds. The predicted molar refractivity (Wildman–Crippen MR) is 99.7 cm³/mol. The smallest absolute Gasteiger partial charge is 0.319 e. The fraction of sp³-hybridized carbons (Fsp3) is 0.350. The van der Waals surface area contributed by atoms with Gasteiger partial charge in [-0.25, -0.2) is 4.79 Å². The number of hydrogen-bond donors (Lipinski definition) is 2. The van der Waals surface area contributed by atoms with Gasteiger partial charge in [-0.05, 0) is 47.9 Å². The van der Waals surface area contributed by atoms with E-state index in [0.717, 1.165) is 43.1 Å². The van der Waals surface area contributed by atoms with Crippen molar-refractivity contribution in [3.63, 3.8) is 0 Å². The summed E-state index contributed by atoms with van der Waals surface area (Å²) in [5.41, 5.74) is 4.48. The van der Waals surface area contributed by atoms with Crippen molar-refractivity contribution >= 4 is 11.7 Å². The molecule has 0 saturated carbocycles. The molecule has 25 heavy (non-hydrogen) atoms. The molecule has 2 N–H and O–H groups in total. The van der Waals surface area contributed by atoms with Gasteiger partial charge in [0.1, 0.15) is 5.75 Å². The van der Waals surface area contributed by atoms with E-state index >= 15 is 0 Å². The van der Waals surface area contributed by atoms with Crippen molar-refractivity contribution < 1.29 is 9.53 Å². The zero-order chi connectivity index (χ0) is 17.6. The highest BCUT2D eigenvalue weighted by atomic mass is 16.5. The van der Waals surface area contributed by atoms with Crippen molar-refractivity contribution in [1.82, 2.24) is 10.2 Å². The molecule has 2 aromatic carbocycles. The molecule has 0 saturated heterocycles. The van der Waals surface area contributed by atoms with Crippen LogP contribution in [0.15, 0.2) is 42.5 Å². The lowest BCUT2D eigenvalue weighted by atomic mass is 10.1. The summed E-state index contributed by atoms with van der Waals surface area (Å²) in [6, 6.07) is 13.6. The maximum Gasteiger partial charge on any atom is 0.319 e. The molecule has 5 heteroatoms. The first kappa shape index (κ1) is 17.3. The summed E-state index contributed by atoms with van der Waals surface area (Å²) >= 11 is 0. The van der Waals surface area contributed by atoms with Gasteiger partial charge in [-0.2, -0.15) is 0 Å². The molecule has 0 radical (unpaired) electrons. The second-order valence-electron chi connectivity index (χ2n) is 6.31. The van der Waals surface area contributed by atoms with Crippen LogP contribution >= 0.6 is 0 Å². The third-order valence-electron chi connectivity index (χ3n) is 4.45. The van der Waals surface area contributed by atoms with Crippen molar-refractivity contribution in [1.29, 1.82) is 0 Å². The highest BCUT2D eigenvalue weighted by molar-refractivity contribution is 5.90. The van der Waals surface area contributed by atoms with Gasteiger partial charge < -0.3 is 15.4 Å². The zero-order valence-electron chi connectivity index (χ0n) is 14.8. The van der Waals surface area contributed by atoms with Gasteiger partial charge in [0.15, 0.2) is 0 Å². The third kappa shape index (κ3) is 4.31.